The molecule has 0 aliphatic heterocycles. The molecule has 2 aromatic rings. The summed E-state index contributed by atoms with van der Waals surface area (Å²) in [6.07, 6.45) is 0. The Morgan fingerprint density at radius 1 is 1.50 bits per heavy atom. The average molecular weight is 292 g/mol. The normalized spacial score (nSPS) is 10.5. The van der Waals surface area contributed by atoms with Crippen molar-refractivity contribution in [2.24, 2.45) is 5.73 Å². The number of thioether (sulfide) groups is 1. The highest BCUT2D eigenvalue weighted by Gasteiger charge is 2.09. The van der Waals surface area contributed by atoms with Crippen LogP contribution >= 0.6 is 11.8 Å². The van der Waals surface area contributed by atoms with Gasteiger partial charge in [0.1, 0.15) is 0 Å². The number of tetrazole rings is 1. The van der Waals surface area contributed by atoms with E-state index < -0.39 is 0 Å². The van der Waals surface area contributed by atoms with Crippen molar-refractivity contribution in [2.45, 2.75) is 18.6 Å². The zero-order chi connectivity index (χ0) is 14.4. The molecule has 7 nitrogen and oxygen atoms in total. The molecule has 1 heterocycles. The van der Waals surface area contributed by atoms with Gasteiger partial charge in [0.25, 0.3) is 0 Å². The predicted molar refractivity (Wildman–Crippen MR) is 77.4 cm³/mol. The largest absolute Gasteiger partial charge is 0.329 e. The van der Waals surface area contributed by atoms with Gasteiger partial charge in [-0.2, -0.15) is 0 Å². The van der Waals surface area contributed by atoms with E-state index in [-0.39, 0.29) is 11.7 Å². The molecule has 0 saturated heterocycles. The Morgan fingerprint density at radius 3 is 3.10 bits per heavy atom. The first-order valence-corrected chi connectivity index (χ1v) is 7.13. The molecule has 0 bridgehead atoms. The molecule has 0 saturated carbocycles. The third-order valence-corrected chi connectivity index (χ3v) is 3.43. The van der Waals surface area contributed by atoms with Gasteiger partial charge in [0.05, 0.1) is 12.3 Å². The SMILES string of the molecule is Cc1cccc(NC(=O)CSc2nnnn2CCN)c1. The first kappa shape index (κ1) is 14.5. The lowest BCUT2D eigenvalue weighted by Crippen LogP contribution is -2.16. The minimum absolute atomic E-state index is 0.0945. The molecule has 3 N–H and O–H groups in total. The smallest absolute Gasteiger partial charge is 0.234 e. The van der Waals surface area contributed by atoms with Crippen molar-refractivity contribution in [3.63, 3.8) is 0 Å². The third-order valence-electron chi connectivity index (χ3n) is 2.47. The summed E-state index contributed by atoms with van der Waals surface area (Å²) in [5, 5.41) is 14.7. The van der Waals surface area contributed by atoms with Gasteiger partial charge >= 0.3 is 0 Å². The molecular weight excluding hydrogens is 276 g/mol. The van der Waals surface area contributed by atoms with Crippen LogP contribution in [-0.4, -0.2) is 38.4 Å². The molecule has 8 heteroatoms. The number of anilines is 1. The lowest BCUT2D eigenvalue weighted by molar-refractivity contribution is -0.113. The number of carbonyl (C=O) groups is 1. The number of nitrogens with two attached hydrogens (primary N) is 1. The highest BCUT2D eigenvalue weighted by atomic mass is 32.2. The first-order valence-electron chi connectivity index (χ1n) is 6.14. The van der Waals surface area contributed by atoms with Gasteiger partial charge in [-0.05, 0) is 35.0 Å². The second-order valence-corrected chi connectivity index (χ2v) is 5.12. The quantitative estimate of drug-likeness (QED) is 0.759. The Labute approximate surface area is 120 Å². The van der Waals surface area contributed by atoms with Gasteiger partial charge in [-0.3, -0.25) is 4.79 Å². The van der Waals surface area contributed by atoms with Crippen molar-refractivity contribution in [3.05, 3.63) is 29.8 Å². The highest BCUT2D eigenvalue weighted by Crippen LogP contribution is 2.15. The Hall–Kier alpha value is -1.93. The van der Waals surface area contributed by atoms with Crippen molar-refractivity contribution in [3.8, 4) is 0 Å². The summed E-state index contributed by atoms with van der Waals surface area (Å²) in [5.41, 5.74) is 7.34. The van der Waals surface area contributed by atoms with Gasteiger partial charge in [0.2, 0.25) is 11.1 Å². The number of nitrogens with one attached hydrogen (secondary N) is 1. The van der Waals surface area contributed by atoms with Gasteiger partial charge in [-0.15, -0.1) is 5.10 Å². The van der Waals surface area contributed by atoms with Crippen LogP contribution in [-0.2, 0) is 11.3 Å². The number of rotatable bonds is 6. The van der Waals surface area contributed by atoms with Gasteiger partial charge in [0, 0.05) is 12.2 Å². The zero-order valence-corrected chi connectivity index (χ0v) is 11.9. The van der Waals surface area contributed by atoms with Crippen LogP contribution in [0.4, 0.5) is 5.69 Å². The molecule has 0 radical (unpaired) electrons. The maximum atomic E-state index is 11.9. The van der Waals surface area contributed by atoms with Crippen LogP contribution < -0.4 is 11.1 Å². The molecule has 2 rings (SSSR count). The summed E-state index contributed by atoms with van der Waals surface area (Å²) in [5.74, 6) is 0.154. The number of aryl methyl sites for hydroxylation is 1. The number of aromatic nitrogens is 4. The lowest BCUT2D eigenvalue weighted by atomic mass is 10.2. The number of nitrogens with zero attached hydrogens (tertiary/aromatic N) is 4. The van der Waals surface area contributed by atoms with Gasteiger partial charge in [0.15, 0.2) is 0 Å². The van der Waals surface area contributed by atoms with E-state index in [0.717, 1.165) is 11.3 Å². The maximum Gasteiger partial charge on any atom is 0.234 e. The van der Waals surface area contributed by atoms with E-state index in [1.807, 2.05) is 31.2 Å². The molecule has 0 atom stereocenters. The Morgan fingerprint density at radius 2 is 2.35 bits per heavy atom. The molecule has 0 spiro atoms. The first-order chi connectivity index (χ1) is 9.69. The van der Waals surface area contributed by atoms with E-state index in [1.54, 1.807) is 4.68 Å². The Kier molecular flexibility index (Phi) is 5.08. The van der Waals surface area contributed by atoms with Crippen LogP contribution in [0.2, 0.25) is 0 Å². The Bertz CT molecular complexity index is 585. The van der Waals surface area contributed by atoms with Gasteiger partial charge in [-0.25, -0.2) is 4.68 Å². The number of carbonyl (C=O) groups excluding carboxylic acids is 1. The number of amides is 1. The molecule has 106 valence electrons. The van der Waals surface area contributed by atoms with Crippen LogP contribution in [0, 0.1) is 6.92 Å². The summed E-state index contributed by atoms with van der Waals surface area (Å²) in [7, 11) is 0. The van der Waals surface area contributed by atoms with Crippen molar-refractivity contribution in [1.82, 2.24) is 20.2 Å². The van der Waals surface area contributed by atoms with Crippen LogP contribution in [0.5, 0.6) is 0 Å². The summed E-state index contributed by atoms with van der Waals surface area (Å²) >= 11 is 1.28. The topological polar surface area (TPSA) is 98.7 Å². The predicted octanol–water partition coefficient (Wildman–Crippen LogP) is 0.671. The fourth-order valence-corrected chi connectivity index (χ4v) is 2.32. The van der Waals surface area contributed by atoms with Crippen molar-refractivity contribution < 1.29 is 4.79 Å². The van der Waals surface area contributed by atoms with E-state index >= 15 is 0 Å². The highest BCUT2D eigenvalue weighted by molar-refractivity contribution is 7.99. The summed E-state index contributed by atoms with van der Waals surface area (Å²) in [6.45, 7) is 2.97. The number of hydrogen-bond donors (Lipinski definition) is 2. The van der Waals surface area contributed by atoms with E-state index in [0.29, 0.717) is 18.2 Å². The maximum absolute atomic E-state index is 11.9. The monoisotopic (exact) mass is 292 g/mol. The van der Waals surface area contributed by atoms with Gasteiger partial charge in [-0.1, -0.05) is 23.9 Å². The molecule has 20 heavy (non-hydrogen) atoms. The van der Waals surface area contributed by atoms with Crippen molar-refractivity contribution in [2.75, 3.05) is 17.6 Å². The molecule has 1 amide bonds. The fraction of sp³-hybridized carbons (Fsp3) is 0.333. The molecule has 0 unspecified atom stereocenters. The lowest BCUT2D eigenvalue weighted by Gasteiger charge is -2.05. The minimum atomic E-state index is -0.0945. The van der Waals surface area contributed by atoms with Crippen LogP contribution in [0.3, 0.4) is 0 Å². The molecule has 0 aliphatic rings. The zero-order valence-electron chi connectivity index (χ0n) is 11.1. The second-order valence-electron chi connectivity index (χ2n) is 4.18. The fourth-order valence-electron chi connectivity index (χ4n) is 1.61. The van der Waals surface area contributed by atoms with Crippen LogP contribution in [0.25, 0.3) is 0 Å². The van der Waals surface area contributed by atoms with Crippen molar-refractivity contribution in [1.29, 1.82) is 0 Å². The number of hydrogen-bond acceptors (Lipinski definition) is 6. The molecule has 1 aromatic carbocycles. The van der Waals surface area contributed by atoms with E-state index in [4.69, 9.17) is 5.73 Å². The molecular formula is C12H16N6OS. The third kappa shape index (κ3) is 4.04. The Balaban J connectivity index is 1.87. The molecule has 0 aliphatic carbocycles. The van der Waals surface area contributed by atoms with Crippen molar-refractivity contribution >= 4 is 23.4 Å². The standard InChI is InChI=1S/C12H16N6OS/c1-9-3-2-4-10(7-9)14-11(19)8-20-12-15-16-17-18(12)6-5-13/h2-4,7H,5-6,8,13H2,1H3,(H,14,19). The summed E-state index contributed by atoms with van der Waals surface area (Å²) in [4.78, 5) is 11.9. The summed E-state index contributed by atoms with van der Waals surface area (Å²) in [6, 6.07) is 7.65. The van der Waals surface area contributed by atoms with Gasteiger partial charge < -0.3 is 11.1 Å². The van der Waals surface area contributed by atoms with Crippen LogP contribution in [0.15, 0.2) is 29.4 Å². The molecule has 1 aromatic heterocycles. The minimum Gasteiger partial charge on any atom is -0.329 e. The van der Waals surface area contributed by atoms with Crippen LogP contribution in [0.1, 0.15) is 5.56 Å². The second kappa shape index (κ2) is 7.01. The van der Waals surface area contributed by atoms with E-state index in [9.17, 15) is 4.79 Å². The van der Waals surface area contributed by atoms with E-state index in [2.05, 4.69) is 20.8 Å². The number of benzene rings is 1. The van der Waals surface area contributed by atoms with E-state index in [1.165, 1.54) is 11.8 Å². The summed E-state index contributed by atoms with van der Waals surface area (Å²) < 4.78 is 1.59. The molecule has 0 fully saturated rings. The average Bonchev–Trinajstić information content (AvgIpc) is 2.84.